The van der Waals surface area contributed by atoms with Crippen LogP contribution in [0.5, 0.6) is 0 Å². The Kier molecular flexibility index (Phi) is 10.2. The van der Waals surface area contributed by atoms with Crippen LogP contribution in [0.2, 0.25) is 0 Å². The van der Waals surface area contributed by atoms with E-state index >= 15 is 0 Å². The molecule has 0 aromatic heterocycles. The third kappa shape index (κ3) is 7.62. The van der Waals surface area contributed by atoms with Gasteiger partial charge in [-0.2, -0.15) is 0 Å². The maximum atomic E-state index is 11.4. The van der Waals surface area contributed by atoms with E-state index in [9.17, 15) is 4.79 Å². The molecule has 1 amide bonds. The highest BCUT2D eigenvalue weighted by Crippen LogP contribution is 2.03. The minimum atomic E-state index is -0.717. The molecule has 0 radical (unpaired) electrons. The molecule has 0 fully saturated rings. The van der Waals surface area contributed by atoms with Gasteiger partial charge in [0.1, 0.15) is 12.4 Å². The van der Waals surface area contributed by atoms with E-state index in [2.05, 4.69) is 5.32 Å². The zero-order chi connectivity index (χ0) is 14.8. The third-order valence-electron chi connectivity index (χ3n) is 2.40. The number of rotatable bonds is 7. The van der Waals surface area contributed by atoms with Crippen molar-refractivity contribution in [2.45, 2.75) is 6.54 Å². The van der Waals surface area contributed by atoms with Gasteiger partial charge in [0.05, 0.1) is 19.8 Å². The van der Waals surface area contributed by atoms with Crippen molar-refractivity contribution < 1.29 is 19.4 Å². The van der Waals surface area contributed by atoms with Crippen LogP contribution >= 0.6 is 12.4 Å². The molecular weight excluding hydrogens is 298 g/mol. The average molecular weight is 318 g/mol. The highest BCUT2D eigenvalue weighted by molar-refractivity contribution is 6.04. The fourth-order valence-electron chi connectivity index (χ4n) is 1.38. The van der Waals surface area contributed by atoms with Gasteiger partial charge >= 0.3 is 6.09 Å². The van der Waals surface area contributed by atoms with Gasteiger partial charge in [0.25, 0.3) is 0 Å². The molecule has 0 heterocycles. The predicted octanol–water partition coefficient (Wildman–Crippen LogP) is 0.628. The van der Waals surface area contributed by atoms with Crippen molar-refractivity contribution >= 4 is 24.3 Å². The lowest BCUT2D eigenvalue weighted by Crippen LogP contribution is -2.31. The quantitative estimate of drug-likeness (QED) is 0.334. The molecule has 0 bridgehead atoms. The van der Waals surface area contributed by atoms with Gasteiger partial charge in [0.15, 0.2) is 0 Å². The van der Waals surface area contributed by atoms with Crippen LogP contribution in [0.1, 0.15) is 11.1 Å². The number of benzene rings is 1. The molecule has 1 rings (SSSR count). The van der Waals surface area contributed by atoms with Crippen LogP contribution in [0.25, 0.3) is 0 Å². The Bertz CT molecular complexity index is 440. The lowest BCUT2D eigenvalue weighted by molar-refractivity contribution is 0.0549. The fourth-order valence-corrected chi connectivity index (χ4v) is 1.38. The smallest absolute Gasteiger partial charge is 0.412 e. The third-order valence-corrected chi connectivity index (χ3v) is 2.40. The van der Waals surface area contributed by atoms with Gasteiger partial charge in [-0.15, -0.1) is 12.4 Å². The molecule has 0 aliphatic heterocycles. The molecule has 0 saturated carbocycles. The van der Waals surface area contributed by atoms with E-state index in [0.717, 1.165) is 5.56 Å². The predicted molar refractivity (Wildman–Crippen MR) is 80.8 cm³/mol. The monoisotopic (exact) mass is 317 g/mol. The summed E-state index contributed by atoms with van der Waals surface area (Å²) in [7, 11) is 0. The maximum absolute atomic E-state index is 11.4. The van der Waals surface area contributed by atoms with Crippen molar-refractivity contribution in [3.8, 4) is 0 Å². The van der Waals surface area contributed by atoms with E-state index < -0.39 is 6.09 Å². The van der Waals surface area contributed by atoms with E-state index in [1.165, 1.54) is 0 Å². The molecule has 118 valence electrons. The highest BCUT2D eigenvalue weighted by atomic mass is 35.5. The summed E-state index contributed by atoms with van der Waals surface area (Å²) in [5, 5.41) is 18.5. The first kappa shape index (κ1) is 19.3. The Morgan fingerprint density at radius 2 is 1.90 bits per heavy atom. The minimum absolute atomic E-state index is 0. The summed E-state index contributed by atoms with van der Waals surface area (Å²) in [6.45, 7) is 0.818. The number of carbonyl (C=O) groups excluding carboxylic acids is 1. The molecule has 0 spiro atoms. The molecule has 5 N–H and O–H groups in total. The number of alkyl carbamates (subject to hydrolysis) is 1. The van der Waals surface area contributed by atoms with E-state index in [1.54, 1.807) is 24.3 Å². The van der Waals surface area contributed by atoms with Crippen molar-refractivity contribution in [3.63, 3.8) is 0 Å². The average Bonchev–Trinajstić information content (AvgIpc) is 2.47. The SMILES string of the molecule is Cl.N=C(NC(=O)OCCOCCO)c1ccc(CN)cc1. The van der Waals surface area contributed by atoms with E-state index in [-0.39, 0.29) is 44.7 Å². The minimum Gasteiger partial charge on any atom is -0.447 e. The molecule has 21 heavy (non-hydrogen) atoms. The van der Waals surface area contributed by atoms with Gasteiger partial charge < -0.3 is 20.3 Å². The molecular formula is C13H20ClN3O4. The lowest BCUT2D eigenvalue weighted by Gasteiger charge is -2.08. The Labute approximate surface area is 129 Å². The van der Waals surface area contributed by atoms with Gasteiger partial charge in [-0.1, -0.05) is 24.3 Å². The molecule has 1 aromatic carbocycles. The Balaban J connectivity index is 0.00000400. The van der Waals surface area contributed by atoms with Gasteiger partial charge in [0, 0.05) is 12.1 Å². The lowest BCUT2D eigenvalue weighted by atomic mass is 10.1. The maximum Gasteiger partial charge on any atom is 0.412 e. The van der Waals surface area contributed by atoms with Crippen LogP contribution in [0.15, 0.2) is 24.3 Å². The molecule has 8 heteroatoms. The number of hydrogen-bond donors (Lipinski definition) is 4. The van der Waals surface area contributed by atoms with Crippen molar-refractivity contribution in [1.82, 2.24) is 5.32 Å². The zero-order valence-electron chi connectivity index (χ0n) is 11.5. The Morgan fingerprint density at radius 1 is 1.24 bits per heavy atom. The van der Waals surface area contributed by atoms with Crippen LogP contribution in [0, 0.1) is 5.41 Å². The zero-order valence-corrected chi connectivity index (χ0v) is 12.3. The van der Waals surface area contributed by atoms with Crippen molar-refractivity contribution in [1.29, 1.82) is 5.41 Å². The first-order valence-electron chi connectivity index (χ1n) is 6.17. The first-order valence-corrected chi connectivity index (χ1v) is 6.17. The number of aliphatic hydroxyl groups is 1. The summed E-state index contributed by atoms with van der Waals surface area (Å²) in [4.78, 5) is 11.4. The highest BCUT2D eigenvalue weighted by Gasteiger charge is 2.07. The number of hydrogen-bond acceptors (Lipinski definition) is 6. The molecule has 0 aliphatic rings. The Morgan fingerprint density at radius 3 is 2.48 bits per heavy atom. The number of ether oxygens (including phenoxy) is 2. The molecule has 7 nitrogen and oxygen atoms in total. The van der Waals surface area contributed by atoms with Gasteiger partial charge in [-0.05, 0) is 5.56 Å². The fraction of sp³-hybridized carbons (Fsp3) is 0.385. The second-order valence-electron chi connectivity index (χ2n) is 3.87. The summed E-state index contributed by atoms with van der Waals surface area (Å²) >= 11 is 0. The number of aliphatic hydroxyl groups excluding tert-OH is 1. The summed E-state index contributed by atoms with van der Waals surface area (Å²) in [5.74, 6) is -0.0464. The van der Waals surface area contributed by atoms with E-state index in [4.69, 9.17) is 25.7 Å². The molecule has 0 unspecified atom stereocenters. The van der Waals surface area contributed by atoms with Crippen LogP contribution in [0.4, 0.5) is 4.79 Å². The number of nitrogens with two attached hydrogens (primary N) is 1. The summed E-state index contributed by atoms with van der Waals surface area (Å²) in [5.41, 5.74) is 6.99. The van der Waals surface area contributed by atoms with Crippen molar-refractivity contribution in [3.05, 3.63) is 35.4 Å². The van der Waals surface area contributed by atoms with Gasteiger partial charge in [-0.25, -0.2) is 4.79 Å². The summed E-state index contributed by atoms with van der Waals surface area (Å²) < 4.78 is 9.74. The van der Waals surface area contributed by atoms with E-state index in [1.807, 2.05) is 0 Å². The van der Waals surface area contributed by atoms with Crippen LogP contribution in [-0.2, 0) is 16.0 Å². The second-order valence-corrected chi connectivity index (χ2v) is 3.87. The standard InChI is InChI=1S/C13H19N3O4.ClH/c14-9-10-1-3-11(4-2-10)12(15)16-13(18)20-8-7-19-6-5-17;/h1-4,17H,5-9,14H2,(H2,15,16,18);1H. The summed E-state index contributed by atoms with van der Waals surface area (Å²) in [6, 6.07) is 6.99. The molecule has 0 atom stereocenters. The number of amides is 1. The number of amidine groups is 1. The van der Waals surface area contributed by atoms with Gasteiger partial charge in [-0.3, -0.25) is 10.7 Å². The number of nitrogens with one attached hydrogen (secondary N) is 2. The summed E-state index contributed by atoms with van der Waals surface area (Å²) in [6.07, 6.45) is -0.717. The van der Waals surface area contributed by atoms with Crippen molar-refractivity contribution in [2.24, 2.45) is 5.73 Å². The molecule has 0 saturated heterocycles. The number of carbonyl (C=O) groups is 1. The molecule has 0 aliphatic carbocycles. The topological polar surface area (TPSA) is 118 Å². The van der Waals surface area contributed by atoms with Crippen LogP contribution < -0.4 is 11.1 Å². The second kappa shape index (κ2) is 11.0. The Hall–Kier alpha value is -1.67. The van der Waals surface area contributed by atoms with E-state index in [0.29, 0.717) is 12.1 Å². The number of halogens is 1. The molecule has 1 aromatic rings. The normalized spacial score (nSPS) is 9.62. The van der Waals surface area contributed by atoms with Crippen LogP contribution in [-0.4, -0.2) is 43.5 Å². The largest absolute Gasteiger partial charge is 0.447 e. The first-order chi connectivity index (χ1) is 9.67. The van der Waals surface area contributed by atoms with Gasteiger partial charge in [0.2, 0.25) is 0 Å². The van der Waals surface area contributed by atoms with Crippen molar-refractivity contribution in [2.75, 3.05) is 26.4 Å². The van der Waals surface area contributed by atoms with Crippen LogP contribution in [0.3, 0.4) is 0 Å².